The summed E-state index contributed by atoms with van der Waals surface area (Å²) in [6, 6.07) is 21.2. The van der Waals surface area contributed by atoms with Crippen LogP contribution >= 0.6 is 0 Å². The molecule has 7 heteroatoms. The molecule has 5 rings (SSSR count). The fourth-order valence-electron chi connectivity index (χ4n) is 4.76. The van der Waals surface area contributed by atoms with Crippen LogP contribution in [0.15, 0.2) is 77.2 Å². The quantitative estimate of drug-likeness (QED) is 0.395. The second-order valence-corrected chi connectivity index (χ2v) is 9.33. The summed E-state index contributed by atoms with van der Waals surface area (Å²) < 4.78 is 19.2. The minimum absolute atomic E-state index is 0.0391. The molecule has 2 amide bonds. The maximum atomic E-state index is 13.4. The number of nitrogens with zero attached hydrogens (tertiary/aromatic N) is 2. The van der Waals surface area contributed by atoms with E-state index in [0.29, 0.717) is 42.2 Å². The molecule has 184 valence electrons. The van der Waals surface area contributed by atoms with E-state index < -0.39 is 0 Å². The Morgan fingerprint density at radius 2 is 1.83 bits per heavy atom. The first-order valence-electron chi connectivity index (χ1n) is 12.3. The second kappa shape index (κ2) is 10.3. The molecule has 1 atom stereocenters. The van der Waals surface area contributed by atoms with Gasteiger partial charge in [-0.05, 0) is 66.8 Å². The van der Waals surface area contributed by atoms with E-state index in [9.17, 15) is 14.0 Å². The van der Waals surface area contributed by atoms with Gasteiger partial charge in [-0.2, -0.15) is 0 Å². The molecule has 1 aliphatic heterocycles. The van der Waals surface area contributed by atoms with Crippen molar-refractivity contribution in [1.29, 1.82) is 0 Å². The molecule has 1 aromatic heterocycles. The van der Waals surface area contributed by atoms with Gasteiger partial charge in [-0.3, -0.25) is 9.59 Å². The van der Waals surface area contributed by atoms with Gasteiger partial charge >= 0.3 is 0 Å². The van der Waals surface area contributed by atoms with Gasteiger partial charge in [0.25, 0.3) is 5.91 Å². The zero-order valence-electron chi connectivity index (χ0n) is 20.1. The van der Waals surface area contributed by atoms with Crippen LogP contribution < -0.4 is 5.32 Å². The van der Waals surface area contributed by atoms with E-state index >= 15 is 0 Å². The van der Waals surface area contributed by atoms with Crippen molar-refractivity contribution in [2.45, 2.75) is 26.3 Å². The van der Waals surface area contributed by atoms with E-state index in [1.807, 2.05) is 42.2 Å². The van der Waals surface area contributed by atoms with Crippen LogP contribution in [0.4, 0.5) is 4.39 Å². The number of halogens is 1. The largest absolute Gasteiger partial charge is 0.436 e. The Balaban J connectivity index is 1.17. The minimum atomic E-state index is -0.314. The molecule has 0 aliphatic carbocycles. The van der Waals surface area contributed by atoms with Gasteiger partial charge in [-0.1, -0.05) is 37.3 Å². The fourth-order valence-corrected chi connectivity index (χ4v) is 4.76. The number of rotatable bonds is 6. The summed E-state index contributed by atoms with van der Waals surface area (Å²) in [5.41, 5.74) is 3.49. The zero-order valence-corrected chi connectivity index (χ0v) is 20.1. The number of likely N-dealkylation sites (tertiary alicyclic amines) is 1. The van der Waals surface area contributed by atoms with Gasteiger partial charge in [-0.25, -0.2) is 9.37 Å². The molecular formula is C29H28FN3O3. The molecule has 0 saturated carbocycles. The third kappa shape index (κ3) is 5.15. The Bertz CT molecular complexity index is 1380. The summed E-state index contributed by atoms with van der Waals surface area (Å²) in [7, 11) is 0. The topological polar surface area (TPSA) is 75.4 Å². The third-order valence-corrected chi connectivity index (χ3v) is 6.96. The Morgan fingerprint density at radius 1 is 1.06 bits per heavy atom. The summed E-state index contributed by atoms with van der Waals surface area (Å²) in [4.78, 5) is 32.2. The first-order valence-corrected chi connectivity index (χ1v) is 12.3. The van der Waals surface area contributed by atoms with Crippen molar-refractivity contribution in [3.8, 4) is 11.5 Å². The first-order chi connectivity index (χ1) is 17.5. The number of oxazole rings is 1. The van der Waals surface area contributed by atoms with Crippen LogP contribution in [0.5, 0.6) is 0 Å². The van der Waals surface area contributed by atoms with Gasteiger partial charge in [-0.15, -0.1) is 0 Å². The molecule has 1 unspecified atom stereocenters. The lowest BCUT2D eigenvalue weighted by Crippen LogP contribution is -2.42. The number of nitrogens with one attached hydrogen (secondary N) is 1. The number of carbonyl (C=O) groups is 2. The molecule has 36 heavy (non-hydrogen) atoms. The number of piperidine rings is 1. The van der Waals surface area contributed by atoms with Crippen molar-refractivity contribution in [3.05, 3.63) is 89.7 Å². The SMILES string of the molecule is CC(C(=O)NCc1cccc(F)c1)C1CCN(C(=O)c2ccc3oc(-c4ccccc4)nc3c2)CC1. The van der Waals surface area contributed by atoms with Crippen molar-refractivity contribution in [3.63, 3.8) is 0 Å². The molecular weight excluding hydrogens is 457 g/mol. The molecule has 0 spiro atoms. The average Bonchev–Trinajstić information content (AvgIpc) is 3.35. The third-order valence-electron chi connectivity index (χ3n) is 6.96. The molecule has 1 N–H and O–H groups in total. The molecule has 0 radical (unpaired) electrons. The summed E-state index contributed by atoms with van der Waals surface area (Å²) >= 11 is 0. The van der Waals surface area contributed by atoms with Crippen LogP contribution in [-0.4, -0.2) is 34.8 Å². The van der Waals surface area contributed by atoms with Crippen molar-refractivity contribution in [2.24, 2.45) is 11.8 Å². The lowest BCUT2D eigenvalue weighted by atomic mass is 9.84. The molecule has 1 fully saturated rings. The number of benzene rings is 3. The number of carbonyl (C=O) groups excluding carboxylic acids is 2. The predicted molar refractivity (Wildman–Crippen MR) is 135 cm³/mol. The molecule has 1 saturated heterocycles. The lowest BCUT2D eigenvalue weighted by molar-refractivity contribution is -0.126. The normalized spacial score (nSPS) is 15.1. The summed E-state index contributed by atoms with van der Waals surface area (Å²) in [6.45, 7) is 3.41. The van der Waals surface area contributed by atoms with Crippen LogP contribution in [0.3, 0.4) is 0 Å². The van der Waals surface area contributed by atoms with Crippen LogP contribution in [0.1, 0.15) is 35.7 Å². The van der Waals surface area contributed by atoms with Crippen LogP contribution in [0.2, 0.25) is 0 Å². The van der Waals surface area contributed by atoms with Crippen LogP contribution in [0, 0.1) is 17.7 Å². The Kier molecular flexibility index (Phi) is 6.80. The minimum Gasteiger partial charge on any atom is -0.436 e. The Hall–Kier alpha value is -4.00. The highest BCUT2D eigenvalue weighted by Crippen LogP contribution is 2.28. The van der Waals surface area contributed by atoms with Gasteiger partial charge in [0.15, 0.2) is 5.58 Å². The van der Waals surface area contributed by atoms with Crippen LogP contribution in [0.25, 0.3) is 22.6 Å². The second-order valence-electron chi connectivity index (χ2n) is 9.33. The fraction of sp³-hybridized carbons (Fsp3) is 0.276. The Labute approximate surface area is 209 Å². The van der Waals surface area contributed by atoms with E-state index in [0.717, 1.165) is 24.0 Å². The van der Waals surface area contributed by atoms with E-state index in [1.54, 1.807) is 30.3 Å². The maximum absolute atomic E-state index is 13.4. The monoisotopic (exact) mass is 485 g/mol. The molecule has 2 heterocycles. The smallest absolute Gasteiger partial charge is 0.253 e. The van der Waals surface area contributed by atoms with Gasteiger partial charge in [0.1, 0.15) is 11.3 Å². The highest BCUT2D eigenvalue weighted by atomic mass is 19.1. The number of fused-ring (bicyclic) bond motifs is 1. The predicted octanol–water partition coefficient (Wildman–Crippen LogP) is 5.44. The van der Waals surface area contributed by atoms with Crippen molar-refractivity contribution in [1.82, 2.24) is 15.2 Å². The van der Waals surface area contributed by atoms with Gasteiger partial charge in [0.05, 0.1) is 0 Å². The standard InChI is InChI=1S/C29H28FN3O3/c1-19(27(34)31-18-20-6-5-9-24(30)16-20)21-12-14-33(15-13-21)29(35)23-10-11-26-25(17-23)32-28(36-26)22-7-3-2-4-8-22/h2-11,16-17,19,21H,12-15,18H2,1H3,(H,31,34). The number of amides is 2. The van der Waals surface area contributed by atoms with Gasteiger partial charge in [0, 0.05) is 36.7 Å². The van der Waals surface area contributed by atoms with Crippen molar-refractivity contribution >= 4 is 22.9 Å². The summed E-state index contributed by atoms with van der Waals surface area (Å²) in [5, 5.41) is 2.91. The summed E-state index contributed by atoms with van der Waals surface area (Å²) in [5.74, 6) is 0.135. The first kappa shape index (κ1) is 23.7. The van der Waals surface area contributed by atoms with Gasteiger partial charge < -0.3 is 14.6 Å². The van der Waals surface area contributed by atoms with Crippen molar-refractivity contribution < 1.29 is 18.4 Å². The molecule has 3 aromatic carbocycles. The van der Waals surface area contributed by atoms with Crippen LogP contribution in [-0.2, 0) is 11.3 Å². The Morgan fingerprint density at radius 3 is 2.58 bits per heavy atom. The lowest BCUT2D eigenvalue weighted by Gasteiger charge is -2.34. The summed E-state index contributed by atoms with van der Waals surface area (Å²) in [6.07, 6.45) is 1.51. The molecule has 0 bridgehead atoms. The highest BCUT2D eigenvalue weighted by Gasteiger charge is 2.30. The molecule has 6 nitrogen and oxygen atoms in total. The maximum Gasteiger partial charge on any atom is 0.253 e. The number of hydrogen-bond acceptors (Lipinski definition) is 4. The van der Waals surface area contributed by atoms with E-state index in [4.69, 9.17) is 4.42 Å². The average molecular weight is 486 g/mol. The van der Waals surface area contributed by atoms with E-state index in [1.165, 1.54) is 12.1 Å². The van der Waals surface area contributed by atoms with E-state index in [-0.39, 0.29) is 29.5 Å². The molecule has 1 aliphatic rings. The van der Waals surface area contributed by atoms with Gasteiger partial charge in [0.2, 0.25) is 11.8 Å². The molecule has 4 aromatic rings. The highest BCUT2D eigenvalue weighted by molar-refractivity contribution is 5.97. The number of aromatic nitrogens is 1. The number of hydrogen-bond donors (Lipinski definition) is 1. The zero-order chi connectivity index (χ0) is 25.1. The van der Waals surface area contributed by atoms with E-state index in [2.05, 4.69) is 10.3 Å². The van der Waals surface area contributed by atoms with Crippen molar-refractivity contribution in [2.75, 3.05) is 13.1 Å².